The van der Waals surface area contributed by atoms with Crippen molar-refractivity contribution in [1.29, 1.82) is 0 Å². The highest BCUT2D eigenvalue weighted by Gasteiger charge is 2.34. The minimum Gasteiger partial charge on any atom is -0.493 e. The fourth-order valence-corrected chi connectivity index (χ4v) is 5.50. The molecule has 206 valence electrons. The first kappa shape index (κ1) is 26.8. The van der Waals surface area contributed by atoms with E-state index in [9.17, 15) is 14.7 Å². The number of rotatable bonds is 7. The molecule has 0 fully saturated rings. The van der Waals surface area contributed by atoms with E-state index >= 15 is 0 Å². The molecule has 2 aliphatic heterocycles. The Morgan fingerprint density at radius 1 is 1.13 bits per heavy atom. The van der Waals surface area contributed by atoms with Gasteiger partial charge < -0.3 is 28.8 Å². The van der Waals surface area contributed by atoms with Gasteiger partial charge in [0, 0.05) is 56.6 Å². The topological polar surface area (TPSA) is 90.2 Å². The molecule has 2 aliphatic rings. The third kappa shape index (κ3) is 5.13. The van der Waals surface area contributed by atoms with Crippen LogP contribution in [0.2, 0.25) is 0 Å². The summed E-state index contributed by atoms with van der Waals surface area (Å²) < 4.78 is 19.5. The quantitative estimate of drug-likeness (QED) is 0.415. The molecule has 39 heavy (non-hydrogen) atoms. The first-order valence-electron chi connectivity index (χ1n) is 13.4. The minimum atomic E-state index is -1.21. The molecule has 0 bridgehead atoms. The minimum absolute atomic E-state index is 0.0430. The third-order valence-corrected chi connectivity index (χ3v) is 7.66. The van der Waals surface area contributed by atoms with Gasteiger partial charge in [-0.2, -0.15) is 0 Å². The van der Waals surface area contributed by atoms with Crippen LogP contribution in [0.1, 0.15) is 49.2 Å². The number of carboxylic acid groups (broad SMARTS) is 1. The lowest BCUT2D eigenvalue weighted by atomic mass is 9.78. The molecule has 0 spiro atoms. The molecular weight excluding hydrogens is 496 g/mol. The number of fused-ring (bicyclic) bond motifs is 4. The normalized spacial score (nSPS) is 16.1. The number of aromatic nitrogens is 1. The average Bonchev–Trinajstić information content (AvgIpc) is 2.89. The summed E-state index contributed by atoms with van der Waals surface area (Å²) in [6.07, 6.45) is 2.95. The highest BCUT2D eigenvalue weighted by atomic mass is 16.5. The molecule has 0 amide bonds. The van der Waals surface area contributed by atoms with Crippen molar-refractivity contribution in [1.82, 2.24) is 4.57 Å². The van der Waals surface area contributed by atoms with Crippen molar-refractivity contribution in [2.24, 2.45) is 5.41 Å². The van der Waals surface area contributed by atoms with Crippen LogP contribution in [0.5, 0.6) is 11.5 Å². The molecule has 8 heteroatoms. The number of ether oxygens (including phenoxy) is 3. The zero-order valence-corrected chi connectivity index (χ0v) is 23.2. The van der Waals surface area contributed by atoms with Gasteiger partial charge in [0.2, 0.25) is 0 Å². The zero-order chi connectivity index (χ0) is 27.9. The number of anilines is 1. The summed E-state index contributed by atoms with van der Waals surface area (Å²) in [6.45, 7) is 8.95. The summed E-state index contributed by atoms with van der Waals surface area (Å²) in [7, 11) is 3.73. The molecule has 5 rings (SSSR count). The summed E-state index contributed by atoms with van der Waals surface area (Å²) >= 11 is 0. The van der Waals surface area contributed by atoms with Crippen molar-refractivity contribution in [3.63, 3.8) is 0 Å². The number of hydrogen-bond acceptors (Lipinski definition) is 6. The molecule has 2 aromatic carbocycles. The maximum Gasteiger partial charge on any atom is 0.341 e. The SMILES string of the molecule is COCCCOc1cc2c(cc1-c1ccc3c(c1)OCCN3C)-c1cc(=O)c(C(=O)O)cn1[C@H](C(C)(C)C)C2. The van der Waals surface area contributed by atoms with Crippen molar-refractivity contribution < 1.29 is 24.1 Å². The summed E-state index contributed by atoms with van der Waals surface area (Å²) in [4.78, 5) is 26.9. The Bertz CT molecular complexity index is 1470. The van der Waals surface area contributed by atoms with Crippen molar-refractivity contribution in [2.75, 3.05) is 45.4 Å². The van der Waals surface area contributed by atoms with E-state index in [1.165, 1.54) is 12.3 Å². The molecule has 0 radical (unpaired) electrons. The largest absolute Gasteiger partial charge is 0.493 e. The van der Waals surface area contributed by atoms with Gasteiger partial charge in [0.15, 0.2) is 5.43 Å². The second-order valence-electron chi connectivity index (χ2n) is 11.4. The first-order chi connectivity index (χ1) is 18.6. The fourth-order valence-electron chi connectivity index (χ4n) is 5.50. The number of methoxy groups -OCH3 is 1. The molecule has 1 N–H and O–H groups in total. The Kier molecular flexibility index (Phi) is 7.16. The lowest BCUT2D eigenvalue weighted by Gasteiger charge is -2.39. The van der Waals surface area contributed by atoms with E-state index in [-0.39, 0.29) is 17.0 Å². The molecule has 8 nitrogen and oxygen atoms in total. The average molecular weight is 533 g/mol. The summed E-state index contributed by atoms with van der Waals surface area (Å²) in [6, 6.07) is 11.7. The summed E-state index contributed by atoms with van der Waals surface area (Å²) in [5.41, 5.74) is 4.66. The Hall–Kier alpha value is -3.78. The van der Waals surface area contributed by atoms with Gasteiger partial charge in [0.05, 0.1) is 24.5 Å². The maximum atomic E-state index is 12.9. The molecule has 3 aromatic rings. The van der Waals surface area contributed by atoms with E-state index in [0.29, 0.717) is 31.9 Å². The van der Waals surface area contributed by atoms with Crippen molar-refractivity contribution in [3.05, 3.63) is 63.9 Å². The third-order valence-electron chi connectivity index (χ3n) is 7.66. The fraction of sp³-hybridized carbons (Fsp3) is 0.419. The van der Waals surface area contributed by atoms with Crippen LogP contribution in [0.15, 0.2) is 47.4 Å². The van der Waals surface area contributed by atoms with Crippen LogP contribution in [0.4, 0.5) is 5.69 Å². The Morgan fingerprint density at radius 2 is 1.92 bits per heavy atom. The Morgan fingerprint density at radius 3 is 2.64 bits per heavy atom. The Labute approximate surface area is 228 Å². The van der Waals surface area contributed by atoms with E-state index in [2.05, 4.69) is 57.0 Å². The van der Waals surface area contributed by atoms with Gasteiger partial charge >= 0.3 is 5.97 Å². The Balaban J connectivity index is 1.69. The maximum absolute atomic E-state index is 12.9. The van der Waals surface area contributed by atoms with Gasteiger partial charge in [0.25, 0.3) is 0 Å². The van der Waals surface area contributed by atoms with Gasteiger partial charge in [-0.25, -0.2) is 4.79 Å². The number of pyridine rings is 1. The van der Waals surface area contributed by atoms with E-state index in [1.807, 2.05) is 10.6 Å². The predicted octanol–water partition coefficient (Wildman–Crippen LogP) is 5.27. The van der Waals surface area contributed by atoms with Crippen molar-refractivity contribution in [3.8, 4) is 33.9 Å². The van der Waals surface area contributed by atoms with Crippen LogP contribution >= 0.6 is 0 Å². The summed E-state index contributed by atoms with van der Waals surface area (Å²) in [5, 5.41) is 9.66. The van der Waals surface area contributed by atoms with Crippen LogP contribution in [0.25, 0.3) is 22.4 Å². The number of hydrogen-bond donors (Lipinski definition) is 1. The second kappa shape index (κ2) is 10.4. The molecule has 0 unspecified atom stereocenters. The van der Waals surface area contributed by atoms with Gasteiger partial charge in [-0.05, 0) is 47.2 Å². The molecule has 0 saturated carbocycles. The molecular formula is C31H36N2O6. The van der Waals surface area contributed by atoms with Crippen molar-refractivity contribution >= 4 is 11.7 Å². The highest BCUT2D eigenvalue weighted by Crippen LogP contribution is 2.47. The monoisotopic (exact) mass is 532 g/mol. The van der Waals surface area contributed by atoms with Crippen LogP contribution in [-0.4, -0.2) is 56.2 Å². The lowest BCUT2D eigenvalue weighted by Crippen LogP contribution is -2.32. The molecule has 1 aromatic heterocycles. The molecule has 3 heterocycles. The first-order valence-corrected chi connectivity index (χ1v) is 13.4. The van der Waals surface area contributed by atoms with Gasteiger partial charge in [0.1, 0.15) is 23.7 Å². The van der Waals surface area contributed by atoms with E-state index in [0.717, 1.165) is 52.4 Å². The van der Waals surface area contributed by atoms with E-state index < -0.39 is 11.4 Å². The van der Waals surface area contributed by atoms with Gasteiger partial charge in [-0.3, -0.25) is 4.79 Å². The molecule has 1 atom stereocenters. The number of nitrogens with zero attached hydrogens (tertiary/aromatic N) is 2. The molecule has 0 saturated heterocycles. The number of likely N-dealkylation sites (N-methyl/N-ethyl adjacent to an activating group) is 1. The lowest BCUT2D eigenvalue weighted by molar-refractivity contribution is 0.0693. The van der Waals surface area contributed by atoms with Crippen LogP contribution < -0.4 is 19.8 Å². The smallest absolute Gasteiger partial charge is 0.341 e. The second-order valence-corrected chi connectivity index (χ2v) is 11.4. The molecule has 0 aliphatic carbocycles. The van der Waals surface area contributed by atoms with Crippen LogP contribution in [0.3, 0.4) is 0 Å². The zero-order valence-electron chi connectivity index (χ0n) is 23.2. The standard InChI is InChI=1S/C31H36N2O6/c1-31(2,3)29-15-20-14-27(38-11-6-10-37-5)22(19-7-8-24-28(13-19)39-12-9-32(24)4)16-21(20)25-17-26(34)23(30(35)36)18-33(25)29/h7-8,13-14,16-18,29H,6,9-12,15H2,1-5H3,(H,35,36)/t29-/m0/s1. The van der Waals surface area contributed by atoms with E-state index in [4.69, 9.17) is 14.2 Å². The van der Waals surface area contributed by atoms with Gasteiger partial charge in [-0.1, -0.05) is 26.8 Å². The highest BCUT2D eigenvalue weighted by molar-refractivity contribution is 5.88. The number of benzene rings is 2. The van der Waals surface area contributed by atoms with E-state index in [1.54, 1.807) is 7.11 Å². The van der Waals surface area contributed by atoms with Gasteiger partial charge in [-0.15, -0.1) is 0 Å². The number of carboxylic acids is 1. The van der Waals surface area contributed by atoms with Crippen LogP contribution in [-0.2, 0) is 11.2 Å². The summed E-state index contributed by atoms with van der Waals surface area (Å²) in [5.74, 6) is 0.368. The van der Waals surface area contributed by atoms with Crippen LogP contribution in [0, 0.1) is 5.41 Å². The number of aromatic carboxylic acids is 1. The predicted molar refractivity (Wildman–Crippen MR) is 151 cm³/mol. The number of carbonyl (C=O) groups is 1. The van der Waals surface area contributed by atoms with Crippen molar-refractivity contribution in [2.45, 2.75) is 39.7 Å².